The highest BCUT2D eigenvalue weighted by atomic mass is 32.2. The number of fused-ring (bicyclic) bond motifs is 1. The second-order valence-corrected chi connectivity index (χ2v) is 9.36. The van der Waals surface area contributed by atoms with Gasteiger partial charge < -0.3 is 5.32 Å². The Hall–Kier alpha value is -2.29. The zero-order chi connectivity index (χ0) is 18.6. The molecule has 0 aliphatic heterocycles. The predicted octanol–water partition coefficient (Wildman–Crippen LogP) is 5.24. The van der Waals surface area contributed by atoms with Crippen LogP contribution in [0.1, 0.15) is 11.4 Å². The van der Waals surface area contributed by atoms with Crippen LogP contribution in [0.3, 0.4) is 0 Å². The van der Waals surface area contributed by atoms with E-state index in [1.54, 1.807) is 34.4 Å². The molecule has 2 heterocycles. The summed E-state index contributed by atoms with van der Waals surface area (Å²) in [4.78, 5) is 16.9. The van der Waals surface area contributed by atoms with E-state index in [2.05, 4.69) is 26.6 Å². The number of carbonyl (C=O) groups is 1. The number of aryl methyl sites for hydroxylation is 1. The Bertz CT molecular complexity index is 1060. The summed E-state index contributed by atoms with van der Waals surface area (Å²) in [5.74, 6) is 0.670. The van der Waals surface area contributed by atoms with Gasteiger partial charge in [-0.2, -0.15) is 0 Å². The van der Waals surface area contributed by atoms with E-state index >= 15 is 0 Å². The molecule has 0 bridgehead atoms. The lowest BCUT2D eigenvalue weighted by molar-refractivity contribution is -0.115. The largest absolute Gasteiger partial charge is 0.326 e. The number of benzene rings is 2. The summed E-state index contributed by atoms with van der Waals surface area (Å²) in [5.41, 5.74) is 2.79. The van der Waals surface area contributed by atoms with E-state index in [-0.39, 0.29) is 5.91 Å². The molecule has 0 aliphatic rings. The van der Waals surface area contributed by atoms with Crippen molar-refractivity contribution in [2.24, 2.45) is 0 Å². The Kier molecular flexibility index (Phi) is 5.47. The molecule has 0 atom stereocenters. The van der Waals surface area contributed by atoms with Gasteiger partial charge in [-0.3, -0.25) is 4.79 Å². The van der Waals surface area contributed by atoms with Gasteiger partial charge in [0.15, 0.2) is 4.34 Å². The first-order valence-corrected chi connectivity index (χ1v) is 11.0. The first kappa shape index (κ1) is 18.1. The standard InChI is InChI=1S/C19H16N4OS3/c1-12-22-23-19(26-12)25-10-9-17(24)20-14-6-4-5-13(11-14)18-21-15-7-2-3-8-16(15)27-18/h2-8,11H,9-10H2,1H3,(H,20,24). The molecule has 27 heavy (non-hydrogen) atoms. The van der Waals surface area contributed by atoms with Gasteiger partial charge in [0.1, 0.15) is 10.0 Å². The highest BCUT2D eigenvalue weighted by Crippen LogP contribution is 2.31. The minimum Gasteiger partial charge on any atom is -0.326 e. The number of amides is 1. The van der Waals surface area contributed by atoms with E-state index in [4.69, 9.17) is 0 Å². The molecule has 0 radical (unpaired) electrons. The summed E-state index contributed by atoms with van der Waals surface area (Å²) in [6.45, 7) is 1.92. The fraction of sp³-hybridized carbons (Fsp3) is 0.158. The minimum absolute atomic E-state index is 0.00909. The summed E-state index contributed by atoms with van der Waals surface area (Å²) in [5, 5.41) is 12.9. The number of nitrogens with one attached hydrogen (secondary N) is 1. The number of nitrogens with zero attached hydrogens (tertiary/aromatic N) is 3. The molecule has 4 aromatic rings. The van der Waals surface area contributed by atoms with Crippen molar-refractivity contribution in [3.63, 3.8) is 0 Å². The first-order valence-electron chi connectivity index (χ1n) is 8.36. The fourth-order valence-corrected chi connectivity index (χ4v) is 5.30. The molecule has 136 valence electrons. The smallest absolute Gasteiger partial charge is 0.225 e. The zero-order valence-electron chi connectivity index (χ0n) is 14.5. The van der Waals surface area contributed by atoms with Crippen molar-refractivity contribution < 1.29 is 4.79 Å². The van der Waals surface area contributed by atoms with E-state index in [1.807, 2.05) is 49.4 Å². The lowest BCUT2D eigenvalue weighted by Crippen LogP contribution is -2.12. The summed E-state index contributed by atoms with van der Waals surface area (Å²) in [6.07, 6.45) is 0.425. The van der Waals surface area contributed by atoms with Crippen LogP contribution in [0, 0.1) is 6.92 Å². The van der Waals surface area contributed by atoms with Crippen LogP contribution in [0.5, 0.6) is 0 Å². The molecular weight excluding hydrogens is 396 g/mol. The lowest BCUT2D eigenvalue weighted by Gasteiger charge is -2.06. The van der Waals surface area contributed by atoms with Crippen molar-refractivity contribution in [2.45, 2.75) is 17.7 Å². The van der Waals surface area contributed by atoms with Crippen LogP contribution in [0.25, 0.3) is 20.8 Å². The number of hydrogen-bond donors (Lipinski definition) is 1. The van der Waals surface area contributed by atoms with Crippen LogP contribution in [0.4, 0.5) is 5.69 Å². The number of rotatable bonds is 6. The minimum atomic E-state index is -0.00909. The van der Waals surface area contributed by atoms with Crippen LogP contribution in [0.2, 0.25) is 0 Å². The number of aromatic nitrogens is 3. The van der Waals surface area contributed by atoms with Crippen LogP contribution in [-0.4, -0.2) is 26.8 Å². The monoisotopic (exact) mass is 412 g/mol. The number of para-hydroxylation sites is 1. The Morgan fingerprint density at radius 2 is 2.00 bits per heavy atom. The Morgan fingerprint density at radius 1 is 1.11 bits per heavy atom. The van der Waals surface area contributed by atoms with E-state index in [0.29, 0.717) is 12.2 Å². The first-order chi connectivity index (χ1) is 13.2. The fourth-order valence-electron chi connectivity index (χ4n) is 2.52. The second kappa shape index (κ2) is 8.16. The molecule has 0 spiro atoms. The van der Waals surface area contributed by atoms with Crippen LogP contribution < -0.4 is 5.32 Å². The highest BCUT2D eigenvalue weighted by molar-refractivity contribution is 8.01. The quantitative estimate of drug-likeness (QED) is 0.438. The van der Waals surface area contributed by atoms with Crippen molar-refractivity contribution in [3.8, 4) is 10.6 Å². The molecule has 0 unspecified atom stereocenters. The molecule has 0 fully saturated rings. The van der Waals surface area contributed by atoms with Gasteiger partial charge in [-0.25, -0.2) is 4.98 Å². The lowest BCUT2D eigenvalue weighted by atomic mass is 10.2. The van der Waals surface area contributed by atoms with Gasteiger partial charge in [-0.05, 0) is 31.2 Å². The molecule has 0 saturated heterocycles. The van der Waals surface area contributed by atoms with Gasteiger partial charge in [-0.15, -0.1) is 21.5 Å². The number of thioether (sulfide) groups is 1. The van der Waals surface area contributed by atoms with Gasteiger partial charge in [0.05, 0.1) is 10.2 Å². The Balaban J connectivity index is 1.39. The molecule has 2 aromatic heterocycles. The third-order valence-corrected chi connectivity index (χ3v) is 6.81. The third kappa shape index (κ3) is 4.52. The van der Waals surface area contributed by atoms with Crippen molar-refractivity contribution >= 4 is 56.2 Å². The average Bonchev–Trinajstić information content (AvgIpc) is 3.28. The predicted molar refractivity (Wildman–Crippen MR) is 114 cm³/mol. The van der Waals surface area contributed by atoms with Crippen LogP contribution in [0.15, 0.2) is 52.9 Å². The number of thiazole rings is 1. The SMILES string of the molecule is Cc1nnc(SCCC(=O)Nc2cccc(-c3nc4ccccc4s3)c2)s1. The maximum atomic E-state index is 12.2. The van der Waals surface area contributed by atoms with E-state index in [9.17, 15) is 4.79 Å². The third-order valence-electron chi connectivity index (χ3n) is 3.75. The highest BCUT2D eigenvalue weighted by Gasteiger charge is 2.09. The van der Waals surface area contributed by atoms with Crippen LogP contribution >= 0.6 is 34.4 Å². The summed E-state index contributed by atoms with van der Waals surface area (Å²) in [6, 6.07) is 15.9. The second-order valence-electron chi connectivity index (χ2n) is 5.80. The van der Waals surface area contributed by atoms with Gasteiger partial charge in [0, 0.05) is 23.4 Å². The Labute approximate surface area is 168 Å². The molecule has 4 rings (SSSR count). The zero-order valence-corrected chi connectivity index (χ0v) is 17.0. The van der Waals surface area contributed by atoms with Gasteiger partial charge in [0.2, 0.25) is 5.91 Å². The van der Waals surface area contributed by atoms with Crippen molar-refractivity contribution in [2.75, 3.05) is 11.1 Å². The van der Waals surface area contributed by atoms with Gasteiger partial charge in [0.25, 0.3) is 0 Å². The maximum absolute atomic E-state index is 12.2. The molecule has 2 aromatic carbocycles. The topological polar surface area (TPSA) is 67.8 Å². The van der Waals surface area contributed by atoms with E-state index in [0.717, 1.165) is 35.8 Å². The van der Waals surface area contributed by atoms with E-state index < -0.39 is 0 Å². The average molecular weight is 413 g/mol. The molecule has 0 aliphatic carbocycles. The van der Waals surface area contributed by atoms with E-state index in [1.165, 1.54) is 0 Å². The molecular formula is C19H16N4OS3. The summed E-state index contributed by atoms with van der Waals surface area (Å²) < 4.78 is 2.06. The van der Waals surface area contributed by atoms with Crippen molar-refractivity contribution in [3.05, 3.63) is 53.5 Å². The summed E-state index contributed by atoms with van der Waals surface area (Å²) >= 11 is 4.76. The normalized spacial score (nSPS) is 11.0. The molecule has 1 N–H and O–H groups in total. The summed E-state index contributed by atoms with van der Waals surface area (Å²) in [7, 11) is 0. The Morgan fingerprint density at radius 3 is 2.81 bits per heavy atom. The van der Waals surface area contributed by atoms with Crippen molar-refractivity contribution in [1.29, 1.82) is 0 Å². The molecule has 0 saturated carbocycles. The molecule has 5 nitrogen and oxygen atoms in total. The maximum Gasteiger partial charge on any atom is 0.225 e. The molecule has 1 amide bonds. The number of anilines is 1. The number of hydrogen-bond acceptors (Lipinski definition) is 7. The van der Waals surface area contributed by atoms with Crippen LogP contribution in [-0.2, 0) is 4.79 Å². The van der Waals surface area contributed by atoms with Gasteiger partial charge in [-0.1, -0.05) is 47.4 Å². The number of carbonyl (C=O) groups excluding carboxylic acids is 1. The molecule has 8 heteroatoms. The van der Waals surface area contributed by atoms with Gasteiger partial charge >= 0.3 is 0 Å². The van der Waals surface area contributed by atoms with Crippen molar-refractivity contribution in [1.82, 2.24) is 15.2 Å².